The predicted molar refractivity (Wildman–Crippen MR) is 112 cm³/mol. The highest BCUT2D eigenvalue weighted by atomic mass is 16.2. The maximum absolute atomic E-state index is 13.0. The lowest BCUT2D eigenvalue weighted by Crippen LogP contribution is -2.41. The zero-order valence-corrected chi connectivity index (χ0v) is 16.0. The number of amides is 2. The molecule has 1 fully saturated rings. The Morgan fingerprint density at radius 1 is 0.966 bits per heavy atom. The van der Waals surface area contributed by atoms with Crippen LogP contribution in [0.1, 0.15) is 28.8 Å². The number of likely N-dealkylation sites (tertiary alicyclic amines) is 1. The van der Waals surface area contributed by atoms with Gasteiger partial charge in [-0.3, -0.25) is 9.59 Å². The topological polar surface area (TPSA) is 73.2 Å². The van der Waals surface area contributed by atoms with Crippen LogP contribution in [0.15, 0.2) is 66.7 Å². The molecule has 1 N–H and O–H groups in total. The van der Waals surface area contributed by atoms with E-state index in [2.05, 4.69) is 11.4 Å². The quantitative estimate of drug-likeness (QED) is 0.737. The van der Waals surface area contributed by atoms with Gasteiger partial charge in [-0.15, -0.1) is 0 Å². The molecule has 1 aliphatic rings. The highest BCUT2D eigenvalue weighted by Crippen LogP contribution is 2.24. The third kappa shape index (κ3) is 3.97. The molecule has 0 spiro atoms. The molecular formula is C24H21N3O2. The van der Waals surface area contributed by atoms with Crippen LogP contribution >= 0.6 is 0 Å². The number of fused-ring (bicyclic) bond motifs is 1. The summed E-state index contributed by atoms with van der Waals surface area (Å²) in [6, 6.07) is 22.6. The van der Waals surface area contributed by atoms with Crippen LogP contribution in [-0.2, 0) is 4.79 Å². The average Bonchev–Trinajstić information content (AvgIpc) is 2.78. The molecule has 0 atom stereocenters. The van der Waals surface area contributed by atoms with Crippen LogP contribution < -0.4 is 5.32 Å². The van der Waals surface area contributed by atoms with Crippen LogP contribution in [0.25, 0.3) is 10.8 Å². The molecule has 4 rings (SSSR count). The lowest BCUT2D eigenvalue weighted by molar-refractivity contribution is -0.121. The number of benzene rings is 3. The largest absolute Gasteiger partial charge is 0.339 e. The van der Waals surface area contributed by atoms with Gasteiger partial charge in [-0.2, -0.15) is 5.26 Å². The Kier molecular flexibility index (Phi) is 5.26. The number of hydrogen-bond donors (Lipinski definition) is 1. The van der Waals surface area contributed by atoms with E-state index in [1.165, 1.54) is 0 Å². The van der Waals surface area contributed by atoms with Gasteiger partial charge in [0.2, 0.25) is 5.91 Å². The summed E-state index contributed by atoms with van der Waals surface area (Å²) in [4.78, 5) is 27.5. The minimum absolute atomic E-state index is 0.0161. The van der Waals surface area contributed by atoms with Gasteiger partial charge in [0, 0.05) is 30.3 Å². The molecule has 0 aliphatic carbocycles. The number of hydrogen-bond acceptors (Lipinski definition) is 3. The Morgan fingerprint density at radius 2 is 1.69 bits per heavy atom. The standard InChI is InChI=1S/C24H21N3O2/c25-16-17-5-3-8-20(15-17)26-23(28)19-11-13-27(14-12-19)24(29)22-10-4-7-18-6-1-2-9-21(18)22/h1-10,15,19H,11-14H2,(H,26,28). The average molecular weight is 383 g/mol. The maximum Gasteiger partial charge on any atom is 0.254 e. The fourth-order valence-corrected chi connectivity index (χ4v) is 3.84. The second-order valence-electron chi connectivity index (χ2n) is 7.28. The smallest absolute Gasteiger partial charge is 0.254 e. The van der Waals surface area contributed by atoms with Gasteiger partial charge in [-0.05, 0) is 47.9 Å². The molecule has 144 valence electrons. The lowest BCUT2D eigenvalue weighted by Gasteiger charge is -2.31. The van der Waals surface area contributed by atoms with E-state index in [4.69, 9.17) is 5.26 Å². The van der Waals surface area contributed by atoms with Crippen molar-refractivity contribution in [2.75, 3.05) is 18.4 Å². The zero-order chi connectivity index (χ0) is 20.2. The summed E-state index contributed by atoms with van der Waals surface area (Å²) in [6.07, 6.45) is 1.25. The van der Waals surface area contributed by atoms with Crippen LogP contribution in [0.5, 0.6) is 0 Å². The van der Waals surface area contributed by atoms with Gasteiger partial charge in [-0.1, -0.05) is 42.5 Å². The second kappa shape index (κ2) is 8.15. The number of nitriles is 1. The monoisotopic (exact) mass is 383 g/mol. The van der Waals surface area contributed by atoms with E-state index in [-0.39, 0.29) is 17.7 Å². The summed E-state index contributed by atoms with van der Waals surface area (Å²) in [5.74, 6) is -0.183. The van der Waals surface area contributed by atoms with E-state index >= 15 is 0 Å². The van der Waals surface area contributed by atoms with Crippen molar-refractivity contribution in [2.45, 2.75) is 12.8 Å². The fourth-order valence-electron chi connectivity index (χ4n) is 3.84. The maximum atomic E-state index is 13.0. The summed E-state index contributed by atoms with van der Waals surface area (Å²) < 4.78 is 0. The van der Waals surface area contributed by atoms with E-state index in [0.29, 0.717) is 42.7 Å². The molecule has 0 radical (unpaired) electrons. The highest BCUT2D eigenvalue weighted by Gasteiger charge is 2.28. The molecule has 29 heavy (non-hydrogen) atoms. The van der Waals surface area contributed by atoms with Gasteiger partial charge >= 0.3 is 0 Å². The SMILES string of the molecule is N#Cc1cccc(NC(=O)C2CCN(C(=O)c3cccc4ccccc34)CC2)c1. The third-order valence-electron chi connectivity index (χ3n) is 5.43. The summed E-state index contributed by atoms with van der Waals surface area (Å²) >= 11 is 0. The first-order valence-corrected chi connectivity index (χ1v) is 9.74. The van der Waals surface area contributed by atoms with Crippen molar-refractivity contribution in [3.05, 3.63) is 77.9 Å². The van der Waals surface area contributed by atoms with Crippen molar-refractivity contribution >= 4 is 28.3 Å². The van der Waals surface area contributed by atoms with Crippen molar-refractivity contribution < 1.29 is 9.59 Å². The molecule has 5 heteroatoms. The fraction of sp³-hybridized carbons (Fsp3) is 0.208. The van der Waals surface area contributed by atoms with E-state index in [1.54, 1.807) is 24.3 Å². The first-order chi connectivity index (χ1) is 14.2. The lowest BCUT2D eigenvalue weighted by atomic mass is 9.94. The van der Waals surface area contributed by atoms with E-state index in [0.717, 1.165) is 10.8 Å². The van der Waals surface area contributed by atoms with Crippen molar-refractivity contribution in [3.8, 4) is 6.07 Å². The van der Waals surface area contributed by atoms with Gasteiger partial charge in [0.05, 0.1) is 11.6 Å². The molecule has 0 saturated carbocycles. The normalized spacial score (nSPS) is 14.4. The molecular weight excluding hydrogens is 362 g/mol. The van der Waals surface area contributed by atoms with Crippen LogP contribution in [0.4, 0.5) is 5.69 Å². The summed E-state index contributed by atoms with van der Waals surface area (Å²) in [5.41, 5.74) is 1.85. The van der Waals surface area contributed by atoms with Crippen molar-refractivity contribution in [3.63, 3.8) is 0 Å². The first kappa shape index (κ1) is 18.7. The number of rotatable bonds is 3. The van der Waals surface area contributed by atoms with Gasteiger partial charge in [-0.25, -0.2) is 0 Å². The first-order valence-electron chi connectivity index (χ1n) is 9.74. The highest BCUT2D eigenvalue weighted by molar-refractivity contribution is 6.07. The zero-order valence-electron chi connectivity index (χ0n) is 16.0. The molecule has 2 amide bonds. The van der Waals surface area contributed by atoms with Crippen LogP contribution in [0, 0.1) is 17.2 Å². The number of nitrogens with zero attached hydrogens (tertiary/aromatic N) is 2. The van der Waals surface area contributed by atoms with Gasteiger partial charge in [0.1, 0.15) is 0 Å². The number of carbonyl (C=O) groups is 2. The third-order valence-corrected chi connectivity index (χ3v) is 5.43. The van der Waals surface area contributed by atoms with Crippen molar-refractivity contribution in [1.29, 1.82) is 5.26 Å². The molecule has 3 aromatic carbocycles. The van der Waals surface area contributed by atoms with E-state index in [1.807, 2.05) is 47.4 Å². The Hall–Kier alpha value is -3.65. The van der Waals surface area contributed by atoms with Gasteiger partial charge < -0.3 is 10.2 Å². The molecule has 5 nitrogen and oxygen atoms in total. The van der Waals surface area contributed by atoms with Crippen molar-refractivity contribution in [2.24, 2.45) is 5.92 Å². The summed E-state index contributed by atoms with van der Waals surface area (Å²) in [6.45, 7) is 1.11. The molecule has 0 bridgehead atoms. The summed E-state index contributed by atoms with van der Waals surface area (Å²) in [7, 11) is 0. The minimum Gasteiger partial charge on any atom is -0.339 e. The molecule has 1 heterocycles. The molecule has 1 aliphatic heterocycles. The molecule has 3 aromatic rings. The summed E-state index contributed by atoms with van der Waals surface area (Å²) in [5, 5.41) is 13.9. The van der Waals surface area contributed by atoms with Crippen LogP contribution in [0.3, 0.4) is 0 Å². The number of carbonyl (C=O) groups excluding carboxylic acids is 2. The number of nitrogens with one attached hydrogen (secondary N) is 1. The van der Waals surface area contributed by atoms with E-state index in [9.17, 15) is 9.59 Å². The molecule has 0 aromatic heterocycles. The van der Waals surface area contributed by atoms with Crippen LogP contribution in [0.2, 0.25) is 0 Å². The van der Waals surface area contributed by atoms with Crippen molar-refractivity contribution in [1.82, 2.24) is 4.90 Å². The van der Waals surface area contributed by atoms with Gasteiger partial charge in [0.25, 0.3) is 5.91 Å². The van der Waals surface area contributed by atoms with Crippen LogP contribution in [-0.4, -0.2) is 29.8 Å². The minimum atomic E-state index is -0.141. The second-order valence-corrected chi connectivity index (χ2v) is 7.28. The Bertz CT molecular complexity index is 1100. The van der Waals surface area contributed by atoms with E-state index < -0.39 is 0 Å². The van der Waals surface area contributed by atoms with Gasteiger partial charge in [0.15, 0.2) is 0 Å². The Balaban J connectivity index is 1.40. The Morgan fingerprint density at radius 3 is 2.48 bits per heavy atom. The number of piperidine rings is 1. The molecule has 1 saturated heterocycles. The molecule has 0 unspecified atom stereocenters. The number of anilines is 1. The Labute approximate surface area is 169 Å². The predicted octanol–water partition coefficient (Wildman–Crippen LogP) is 4.20.